The van der Waals surface area contributed by atoms with Crippen molar-refractivity contribution < 1.29 is 14.6 Å². The molecular formula is C6H7IO3. The zero-order valence-electron chi connectivity index (χ0n) is 5.26. The average molecular weight is 254 g/mol. The highest BCUT2D eigenvalue weighted by Crippen LogP contribution is 1.81. The van der Waals surface area contributed by atoms with Crippen LogP contribution in [0.4, 0.5) is 0 Å². The Kier molecular flexibility index (Phi) is 6.64. The second kappa shape index (κ2) is 6.83. The number of hydrogen-bond acceptors (Lipinski definition) is 2. The number of ether oxygens (including phenoxy) is 1. The van der Waals surface area contributed by atoms with Crippen molar-refractivity contribution in [2.75, 3.05) is 13.2 Å². The van der Waals surface area contributed by atoms with Crippen molar-refractivity contribution in [1.29, 1.82) is 0 Å². The number of aliphatic carboxylic acids is 1. The average Bonchev–Trinajstić information content (AvgIpc) is 1.87. The summed E-state index contributed by atoms with van der Waals surface area (Å²) >= 11 is 1.90. The van der Waals surface area contributed by atoms with Gasteiger partial charge in [-0.1, -0.05) is 5.92 Å². The zero-order valence-corrected chi connectivity index (χ0v) is 7.42. The van der Waals surface area contributed by atoms with E-state index in [4.69, 9.17) is 9.84 Å². The van der Waals surface area contributed by atoms with Crippen molar-refractivity contribution in [3.8, 4) is 9.85 Å². The molecule has 0 amide bonds. The molecule has 1 N–H and O–H groups in total. The van der Waals surface area contributed by atoms with Crippen LogP contribution in [0.25, 0.3) is 0 Å². The van der Waals surface area contributed by atoms with Crippen molar-refractivity contribution in [3.63, 3.8) is 0 Å². The van der Waals surface area contributed by atoms with Gasteiger partial charge in [0.2, 0.25) is 0 Å². The summed E-state index contributed by atoms with van der Waals surface area (Å²) in [4.78, 5) is 9.91. The number of rotatable bonds is 4. The molecule has 0 saturated heterocycles. The normalized spacial score (nSPS) is 8.10. The van der Waals surface area contributed by atoms with E-state index in [1.807, 2.05) is 22.6 Å². The van der Waals surface area contributed by atoms with Crippen molar-refractivity contribution in [1.82, 2.24) is 0 Å². The lowest BCUT2D eigenvalue weighted by Gasteiger charge is -1.93. The van der Waals surface area contributed by atoms with Gasteiger partial charge in [0.25, 0.3) is 0 Å². The quantitative estimate of drug-likeness (QED) is 0.460. The first-order valence-electron chi connectivity index (χ1n) is 2.65. The standard InChI is InChI=1S/C6H7IO3/c7-3-1-4-10-5-2-6(8)9/h2,4-5H2,(H,8,9). The van der Waals surface area contributed by atoms with Crippen molar-refractivity contribution in [2.24, 2.45) is 0 Å². The predicted octanol–water partition coefficient (Wildman–Crippen LogP) is 0.874. The first kappa shape index (κ1) is 9.72. The van der Waals surface area contributed by atoms with E-state index in [2.05, 4.69) is 9.85 Å². The van der Waals surface area contributed by atoms with Crippen LogP contribution < -0.4 is 0 Å². The highest BCUT2D eigenvalue weighted by Gasteiger charge is 1.93. The van der Waals surface area contributed by atoms with Crippen LogP contribution in [0.15, 0.2) is 0 Å². The molecule has 0 aromatic heterocycles. The maximum absolute atomic E-state index is 9.91. The summed E-state index contributed by atoms with van der Waals surface area (Å²) in [5.41, 5.74) is 0. The molecule has 0 rings (SSSR count). The molecule has 10 heavy (non-hydrogen) atoms. The first-order valence-corrected chi connectivity index (χ1v) is 3.73. The molecule has 0 radical (unpaired) electrons. The lowest BCUT2D eigenvalue weighted by molar-refractivity contribution is -0.138. The van der Waals surface area contributed by atoms with E-state index < -0.39 is 5.97 Å². The van der Waals surface area contributed by atoms with Gasteiger partial charge in [0, 0.05) is 22.6 Å². The Bertz CT molecular complexity index is 156. The summed E-state index contributed by atoms with van der Waals surface area (Å²) in [6.07, 6.45) is 0.0446. The second-order valence-electron chi connectivity index (χ2n) is 1.47. The van der Waals surface area contributed by atoms with Gasteiger partial charge in [-0.25, -0.2) is 0 Å². The van der Waals surface area contributed by atoms with Gasteiger partial charge in [0.15, 0.2) is 0 Å². The van der Waals surface area contributed by atoms with Crippen molar-refractivity contribution >= 4 is 28.6 Å². The Hall–Kier alpha value is -0.280. The van der Waals surface area contributed by atoms with Crippen LogP contribution >= 0.6 is 22.6 Å². The van der Waals surface area contributed by atoms with Gasteiger partial charge in [-0.3, -0.25) is 4.79 Å². The Morgan fingerprint density at radius 3 is 2.90 bits per heavy atom. The number of halogens is 1. The molecule has 0 atom stereocenters. The first-order chi connectivity index (χ1) is 4.77. The third kappa shape index (κ3) is 7.72. The summed E-state index contributed by atoms with van der Waals surface area (Å²) in [6, 6.07) is 0. The van der Waals surface area contributed by atoms with Crippen molar-refractivity contribution in [2.45, 2.75) is 6.42 Å². The smallest absolute Gasteiger partial charge is 0.305 e. The fourth-order valence-electron chi connectivity index (χ4n) is 0.310. The van der Waals surface area contributed by atoms with Crippen LogP contribution in [0.1, 0.15) is 6.42 Å². The van der Waals surface area contributed by atoms with E-state index in [0.717, 1.165) is 0 Å². The highest BCUT2D eigenvalue weighted by molar-refractivity contribution is 14.1. The minimum Gasteiger partial charge on any atom is -0.481 e. The largest absolute Gasteiger partial charge is 0.481 e. The third-order valence-electron chi connectivity index (χ3n) is 0.701. The molecule has 0 aliphatic carbocycles. The van der Waals surface area contributed by atoms with Gasteiger partial charge in [-0.15, -0.1) is 0 Å². The topological polar surface area (TPSA) is 46.5 Å². The maximum atomic E-state index is 9.91. The monoisotopic (exact) mass is 254 g/mol. The summed E-state index contributed by atoms with van der Waals surface area (Å²) in [5, 5.41) is 8.15. The molecule has 56 valence electrons. The molecule has 0 unspecified atom stereocenters. The van der Waals surface area contributed by atoms with E-state index in [0.29, 0.717) is 6.61 Å². The molecule has 0 heterocycles. The summed E-state index contributed by atoms with van der Waals surface area (Å²) in [5.74, 6) is 1.80. The van der Waals surface area contributed by atoms with Crippen LogP contribution in [0.2, 0.25) is 0 Å². The molecule has 0 fully saturated rings. The molecule has 4 heteroatoms. The maximum Gasteiger partial charge on any atom is 0.305 e. The highest BCUT2D eigenvalue weighted by atomic mass is 127. The van der Waals surface area contributed by atoms with E-state index >= 15 is 0 Å². The molecule has 0 aromatic rings. The Morgan fingerprint density at radius 2 is 2.40 bits per heavy atom. The van der Waals surface area contributed by atoms with E-state index in [1.165, 1.54) is 0 Å². The predicted molar refractivity (Wildman–Crippen MR) is 44.9 cm³/mol. The van der Waals surface area contributed by atoms with Gasteiger partial charge >= 0.3 is 5.97 Å². The fraction of sp³-hybridized carbons (Fsp3) is 0.500. The molecule has 0 spiro atoms. The Morgan fingerprint density at radius 1 is 1.70 bits per heavy atom. The Labute approximate surface area is 72.9 Å². The lowest BCUT2D eigenvalue weighted by Crippen LogP contribution is -2.02. The minimum atomic E-state index is -0.845. The van der Waals surface area contributed by atoms with Gasteiger partial charge in [-0.05, 0) is 3.93 Å². The zero-order chi connectivity index (χ0) is 7.82. The summed E-state index contributed by atoms with van der Waals surface area (Å²) in [7, 11) is 0. The molecule has 0 bridgehead atoms. The van der Waals surface area contributed by atoms with Crippen molar-refractivity contribution in [3.05, 3.63) is 0 Å². The molecular weight excluding hydrogens is 247 g/mol. The van der Waals surface area contributed by atoms with Crippen LogP contribution in [-0.2, 0) is 9.53 Å². The van der Waals surface area contributed by atoms with Gasteiger partial charge in [0.05, 0.1) is 13.0 Å². The van der Waals surface area contributed by atoms with E-state index in [1.54, 1.807) is 0 Å². The number of carbonyl (C=O) groups is 1. The molecule has 3 nitrogen and oxygen atoms in total. The summed E-state index contributed by atoms with van der Waals surface area (Å²) in [6.45, 7) is 0.552. The molecule has 0 aliphatic heterocycles. The number of carboxylic acid groups (broad SMARTS) is 1. The fourth-order valence-corrected chi connectivity index (χ4v) is 0.466. The van der Waals surface area contributed by atoms with Gasteiger partial charge < -0.3 is 9.84 Å². The van der Waals surface area contributed by atoms with Gasteiger partial charge in [0.1, 0.15) is 6.61 Å². The van der Waals surface area contributed by atoms with Crippen LogP contribution in [0.5, 0.6) is 0 Å². The second-order valence-corrected chi connectivity index (χ2v) is 2.01. The number of hydrogen-bond donors (Lipinski definition) is 1. The van der Waals surface area contributed by atoms with Crippen LogP contribution in [0.3, 0.4) is 0 Å². The van der Waals surface area contributed by atoms with Gasteiger partial charge in [-0.2, -0.15) is 0 Å². The van der Waals surface area contributed by atoms with E-state index in [9.17, 15) is 4.79 Å². The SMILES string of the molecule is O=C(O)CCOCC#CI. The third-order valence-corrected chi connectivity index (χ3v) is 1.08. The summed E-state index contributed by atoms with van der Waals surface area (Å²) < 4.78 is 7.43. The lowest BCUT2D eigenvalue weighted by atomic mass is 10.5. The number of carboxylic acids is 1. The van der Waals surface area contributed by atoms with Crippen LogP contribution in [-0.4, -0.2) is 24.3 Å². The Balaban J connectivity index is 3.03. The van der Waals surface area contributed by atoms with Crippen LogP contribution in [0, 0.1) is 9.85 Å². The minimum absolute atomic E-state index is 0.0446. The molecule has 0 saturated carbocycles. The van der Waals surface area contributed by atoms with E-state index in [-0.39, 0.29) is 13.0 Å². The molecule has 0 aromatic carbocycles. The molecule has 0 aliphatic rings.